The van der Waals surface area contributed by atoms with E-state index in [2.05, 4.69) is 10.3 Å². The Morgan fingerprint density at radius 3 is 2.55 bits per heavy atom. The van der Waals surface area contributed by atoms with Crippen LogP contribution in [-0.4, -0.2) is 32.8 Å². The smallest absolute Gasteiger partial charge is 0.257 e. The number of nitrogens with zero attached hydrogens (tertiary/aromatic N) is 3. The summed E-state index contributed by atoms with van der Waals surface area (Å²) in [5.74, 6) is 0.646. The lowest BCUT2D eigenvalue weighted by molar-refractivity contribution is -0.129. The molecule has 3 aromatic rings. The molecule has 2 heterocycles. The number of benzene rings is 1. The van der Waals surface area contributed by atoms with Crippen LogP contribution in [0, 0.1) is 13.8 Å². The van der Waals surface area contributed by atoms with Gasteiger partial charge in [-0.2, -0.15) is 0 Å². The lowest BCUT2D eigenvalue weighted by atomic mass is 10.1. The van der Waals surface area contributed by atoms with Crippen molar-refractivity contribution in [3.63, 3.8) is 0 Å². The monoisotopic (exact) mass is 390 g/mol. The van der Waals surface area contributed by atoms with Crippen molar-refractivity contribution in [2.24, 2.45) is 0 Å². The van der Waals surface area contributed by atoms with Crippen molar-refractivity contribution in [1.29, 1.82) is 0 Å². The van der Waals surface area contributed by atoms with Gasteiger partial charge in [0.05, 0.1) is 5.56 Å². The number of amides is 2. The van der Waals surface area contributed by atoms with Crippen LogP contribution in [0.5, 0.6) is 0 Å². The molecular weight excluding hydrogens is 364 g/mol. The zero-order chi connectivity index (χ0) is 21.0. The number of anilines is 1. The summed E-state index contributed by atoms with van der Waals surface area (Å²) in [5.41, 5.74) is 4.06. The average molecular weight is 390 g/mol. The Balaban J connectivity index is 1.81. The topological polar surface area (TPSA) is 67.2 Å². The molecule has 0 aliphatic carbocycles. The van der Waals surface area contributed by atoms with E-state index in [4.69, 9.17) is 0 Å². The minimum absolute atomic E-state index is 0.0314. The second-order valence-electron chi connectivity index (χ2n) is 7.00. The highest BCUT2D eigenvalue weighted by Crippen LogP contribution is 2.21. The highest BCUT2D eigenvalue weighted by atomic mass is 16.2. The normalized spacial score (nSPS) is 10.6. The maximum atomic E-state index is 12.9. The van der Waals surface area contributed by atoms with Crippen molar-refractivity contribution in [3.05, 3.63) is 77.2 Å². The highest BCUT2D eigenvalue weighted by Gasteiger charge is 2.17. The minimum Gasteiger partial charge on any atom is -0.339 e. The maximum Gasteiger partial charge on any atom is 0.257 e. The molecule has 2 aromatic heterocycles. The van der Waals surface area contributed by atoms with Gasteiger partial charge in [0.25, 0.3) is 5.91 Å². The number of aryl methyl sites for hydroxylation is 1. The third-order valence-electron chi connectivity index (χ3n) is 4.94. The molecule has 6 nitrogen and oxygen atoms in total. The zero-order valence-electron chi connectivity index (χ0n) is 17.3. The number of carbonyl (C=O) groups is 2. The molecule has 150 valence electrons. The zero-order valence-corrected chi connectivity index (χ0v) is 17.3. The Labute approximate surface area is 171 Å². The van der Waals surface area contributed by atoms with Crippen LogP contribution in [0.2, 0.25) is 0 Å². The van der Waals surface area contributed by atoms with Crippen molar-refractivity contribution in [2.45, 2.75) is 34.2 Å². The Hall–Kier alpha value is -3.41. The minimum atomic E-state index is -0.170. The average Bonchev–Trinajstić information content (AvgIpc) is 3.01. The molecule has 0 spiro atoms. The summed E-state index contributed by atoms with van der Waals surface area (Å²) in [6.45, 7) is 8.55. The number of carbonyl (C=O) groups excluding carboxylic acids is 2. The molecule has 0 aliphatic rings. The molecule has 0 radical (unpaired) electrons. The number of nitrogens with one attached hydrogen (secondary N) is 1. The van der Waals surface area contributed by atoms with Crippen molar-refractivity contribution >= 4 is 17.5 Å². The molecule has 0 unspecified atom stereocenters. The molecule has 1 N–H and O–H groups in total. The first kappa shape index (κ1) is 20.3. The van der Waals surface area contributed by atoms with Gasteiger partial charge in [-0.15, -0.1) is 0 Å². The van der Waals surface area contributed by atoms with Gasteiger partial charge in [-0.3, -0.25) is 9.59 Å². The fraction of sp³-hybridized carbons (Fsp3) is 0.261. The Morgan fingerprint density at radius 2 is 1.90 bits per heavy atom. The van der Waals surface area contributed by atoms with Crippen LogP contribution >= 0.6 is 0 Å². The van der Waals surface area contributed by atoms with Gasteiger partial charge < -0.3 is 14.8 Å². The van der Waals surface area contributed by atoms with E-state index in [0.29, 0.717) is 24.3 Å². The first-order valence-corrected chi connectivity index (χ1v) is 9.66. The van der Waals surface area contributed by atoms with E-state index >= 15 is 0 Å². The van der Waals surface area contributed by atoms with E-state index in [0.717, 1.165) is 22.8 Å². The van der Waals surface area contributed by atoms with Crippen LogP contribution in [0.25, 0.3) is 5.82 Å². The Kier molecular flexibility index (Phi) is 6.12. The van der Waals surface area contributed by atoms with E-state index < -0.39 is 0 Å². The molecule has 29 heavy (non-hydrogen) atoms. The predicted octanol–water partition coefficient (Wildman–Crippen LogP) is 4.11. The summed E-state index contributed by atoms with van der Waals surface area (Å²) in [5, 5.41) is 2.98. The quantitative estimate of drug-likeness (QED) is 0.689. The summed E-state index contributed by atoms with van der Waals surface area (Å²) in [7, 11) is 0. The maximum absolute atomic E-state index is 12.9. The van der Waals surface area contributed by atoms with Crippen LogP contribution in [0.1, 0.15) is 41.2 Å². The first-order chi connectivity index (χ1) is 13.9. The van der Waals surface area contributed by atoms with Gasteiger partial charge in [0.1, 0.15) is 5.82 Å². The van der Waals surface area contributed by atoms with Crippen LogP contribution in [0.4, 0.5) is 5.69 Å². The standard InChI is InChI=1S/C23H26N4O2/c1-5-26(18(4)28)15-19-9-8-10-20(14-19)25-23(29)21-13-16(2)27(17(21)3)22-11-6-7-12-24-22/h6-14H,5,15H2,1-4H3,(H,25,29). The first-order valence-electron chi connectivity index (χ1n) is 9.66. The largest absolute Gasteiger partial charge is 0.339 e. The van der Waals surface area contributed by atoms with Crippen molar-refractivity contribution in [2.75, 3.05) is 11.9 Å². The summed E-state index contributed by atoms with van der Waals surface area (Å²) in [6.07, 6.45) is 1.74. The summed E-state index contributed by atoms with van der Waals surface area (Å²) in [4.78, 5) is 30.7. The Bertz CT molecular complexity index is 1020. The molecule has 0 atom stereocenters. The van der Waals surface area contributed by atoms with Crippen LogP contribution in [-0.2, 0) is 11.3 Å². The number of aromatic nitrogens is 2. The molecule has 0 fully saturated rings. The van der Waals surface area contributed by atoms with Gasteiger partial charge in [-0.1, -0.05) is 18.2 Å². The molecule has 2 amide bonds. The fourth-order valence-electron chi connectivity index (χ4n) is 3.44. The molecule has 3 rings (SSSR count). The van der Waals surface area contributed by atoms with Gasteiger partial charge >= 0.3 is 0 Å². The second-order valence-corrected chi connectivity index (χ2v) is 7.00. The van der Waals surface area contributed by atoms with Crippen molar-refractivity contribution in [3.8, 4) is 5.82 Å². The van der Waals surface area contributed by atoms with Gasteiger partial charge in [0, 0.05) is 43.3 Å². The lowest BCUT2D eigenvalue weighted by Crippen LogP contribution is -2.27. The molecular formula is C23H26N4O2. The van der Waals surface area contributed by atoms with E-state index in [1.807, 2.05) is 73.9 Å². The molecule has 0 aliphatic heterocycles. The van der Waals surface area contributed by atoms with Crippen LogP contribution < -0.4 is 5.32 Å². The molecule has 0 saturated carbocycles. The van der Waals surface area contributed by atoms with Gasteiger partial charge in [-0.05, 0) is 56.7 Å². The summed E-state index contributed by atoms with van der Waals surface area (Å²) < 4.78 is 1.97. The third-order valence-corrected chi connectivity index (χ3v) is 4.94. The van der Waals surface area contributed by atoms with E-state index in [9.17, 15) is 9.59 Å². The van der Waals surface area contributed by atoms with Crippen LogP contribution in [0.3, 0.4) is 0 Å². The van der Waals surface area contributed by atoms with Crippen molar-refractivity contribution in [1.82, 2.24) is 14.5 Å². The van der Waals surface area contributed by atoms with Crippen molar-refractivity contribution < 1.29 is 9.59 Å². The SMILES string of the molecule is CCN(Cc1cccc(NC(=O)c2cc(C)n(-c3ccccn3)c2C)c1)C(C)=O. The van der Waals surface area contributed by atoms with E-state index in [1.165, 1.54) is 0 Å². The Morgan fingerprint density at radius 1 is 1.10 bits per heavy atom. The molecule has 0 saturated heterocycles. The summed E-state index contributed by atoms with van der Waals surface area (Å²) in [6, 6.07) is 15.2. The molecule has 0 bridgehead atoms. The van der Waals surface area contributed by atoms with Gasteiger partial charge in [0.15, 0.2) is 0 Å². The van der Waals surface area contributed by atoms with Gasteiger partial charge in [-0.25, -0.2) is 4.98 Å². The number of rotatable bonds is 6. The highest BCUT2D eigenvalue weighted by molar-refractivity contribution is 6.05. The third kappa shape index (κ3) is 4.54. The molecule has 1 aromatic carbocycles. The number of hydrogen-bond donors (Lipinski definition) is 1. The van der Waals surface area contributed by atoms with Crippen LogP contribution in [0.15, 0.2) is 54.7 Å². The lowest BCUT2D eigenvalue weighted by Gasteiger charge is -2.19. The summed E-state index contributed by atoms with van der Waals surface area (Å²) >= 11 is 0. The fourth-order valence-corrected chi connectivity index (χ4v) is 3.44. The van der Waals surface area contributed by atoms with Gasteiger partial charge in [0.2, 0.25) is 5.91 Å². The predicted molar refractivity (Wildman–Crippen MR) is 114 cm³/mol. The van der Waals surface area contributed by atoms with E-state index in [1.54, 1.807) is 18.0 Å². The molecule has 6 heteroatoms. The van der Waals surface area contributed by atoms with E-state index in [-0.39, 0.29) is 11.8 Å². The number of hydrogen-bond acceptors (Lipinski definition) is 3. The second kappa shape index (κ2) is 8.73. The number of pyridine rings is 1.